The van der Waals surface area contributed by atoms with Crippen molar-refractivity contribution in [1.82, 2.24) is 5.32 Å². The summed E-state index contributed by atoms with van der Waals surface area (Å²) in [5.41, 5.74) is 0.578. The molecule has 0 heterocycles. The molecule has 5 nitrogen and oxygen atoms in total. The highest BCUT2D eigenvalue weighted by Gasteiger charge is 2.10. The van der Waals surface area contributed by atoms with Crippen LogP contribution in [0.5, 0.6) is 0 Å². The summed E-state index contributed by atoms with van der Waals surface area (Å²) in [6, 6.07) is 0. The smallest absolute Gasteiger partial charge is 0.246 e. The van der Waals surface area contributed by atoms with Crippen LogP contribution < -0.4 is 10.4 Å². The molecule has 0 aliphatic rings. The number of carbonyl (C=O) groups excluding carboxylic acids is 2. The monoisotopic (exact) mass is 270 g/mol. The third-order valence-corrected chi connectivity index (χ3v) is 2.64. The van der Waals surface area contributed by atoms with Gasteiger partial charge in [-0.2, -0.15) is 0 Å². The van der Waals surface area contributed by atoms with Crippen LogP contribution in [-0.2, 0) is 9.59 Å². The van der Waals surface area contributed by atoms with Gasteiger partial charge in [0.25, 0.3) is 0 Å². The average molecular weight is 270 g/mol. The predicted octanol–water partition coefficient (Wildman–Crippen LogP) is 0.0874. The number of hydrogen-bond donors (Lipinski definition) is 1. The van der Waals surface area contributed by atoms with Crippen LogP contribution in [0.1, 0.15) is 20.3 Å². The van der Waals surface area contributed by atoms with E-state index in [4.69, 9.17) is 9.90 Å². The number of carbonyl (C=O) groups is 2. The van der Waals surface area contributed by atoms with Gasteiger partial charge in [-0.3, -0.25) is 4.79 Å². The molecule has 0 aromatic heterocycles. The van der Waals surface area contributed by atoms with Crippen LogP contribution in [0, 0.1) is 0 Å². The highest BCUT2D eigenvalue weighted by molar-refractivity contribution is 5.91. The van der Waals surface area contributed by atoms with Gasteiger partial charge in [0.05, 0.1) is 33.2 Å². The molecule has 110 valence electrons. The number of hydrogen-bond acceptors (Lipinski definition) is 3. The summed E-state index contributed by atoms with van der Waals surface area (Å²) in [6.45, 7) is 13.3. The second-order valence-corrected chi connectivity index (χ2v) is 4.89. The fraction of sp³-hybridized carbons (Fsp3) is 0.571. The van der Waals surface area contributed by atoms with Crippen LogP contribution in [0.25, 0.3) is 0 Å². The Hall–Kier alpha value is -1.62. The SMILES string of the molecule is C=C(C)C(=O)NCCC[N+](C)(C)CC.C=CC(=O)[O-]. The van der Waals surface area contributed by atoms with E-state index in [1.807, 2.05) is 0 Å². The number of aliphatic carboxylic acids is 1. The lowest BCUT2D eigenvalue weighted by Gasteiger charge is -2.28. The third kappa shape index (κ3) is 14.3. The van der Waals surface area contributed by atoms with E-state index in [-0.39, 0.29) is 5.91 Å². The number of nitrogens with one attached hydrogen (secondary N) is 1. The molecule has 5 heteroatoms. The van der Waals surface area contributed by atoms with E-state index in [0.717, 1.165) is 36.6 Å². The Balaban J connectivity index is 0. The molecule has 0 aromatic rings. The first-order valence-electron chi connectivity index (χ1n) is 6.25. The van der Waals surface area contributed by atoms with Gasteiger partial charge in [-0.1, -0.05) is 13.2 Å². The molecule has 1 amide bonds. The highest BCUT2D eigenvalue weighted by atomic mass is 16.4. The Bertz CT molecular complexity index is 323. The molecule has 0 radical (unpaired) electrons. The second-order valence-electron chi connectivity index (χ2n) is 4.89. The normalized spacial score (nSPS) is 9.89. The number of amides is 1. The summed E-state index contributed by atoms with van der Waals surface area (Å²) in [4.78, 5) is 20.3. The lowest BCUT2D eigenvalue weighted by molar-refractivity contribution is -0.888. The van der Waals surface area contributed by atoms with Crippen LogP contribution in [0.4, 0.5) is 0 Å². The number of nitrogens with zero attached hydrogens (tertiary/aromatic N) is 1. The van der Waals surface area contributed by atoms with E-state index in [1.54, 1.807) is 6.92 Å². The molecular weight excluding hydrogens is 244 g/mol. The first-order chi connectivity index (χ1) is 8.66. The van der Waals surface area contributed by atoms with Crippen molar-refractivity contribution in [3.05, 3.63) is 24.8 Å². The molecule has 1 N–H and O–H groups in total. The van der Waals surface area contributed by atoms with E-state index < -0.39 is 5.97 Å². The molecule has 0 fully saturated rings. The highest BCUT2D eigenvalue weighted by Crippen LogP contribution is 1.97. The summed E-state index contributed by atoms with van der Waals surface area (Å²) < 4.78 is 1.00. The second kappa shape index (κ2) is 10.3. The number of rotatable bonds is 7. The first-order valence-corrected chi connectivity index (χ1v) is 6.25. The first kappa shape index (κ1) is 19.7. The van der Waals surface area contributed by atoms with E-state index in [9.17, 15) is 4.79 Å². The van der Waals surface area contributed by atoms with Crippen LogP contribution in [-0.4, -0.2) is 50.1 Å². The summed E-state index contributed by atoms with van der Waals surface area (Å²) in [6.07, 6.45) is 1.74. The molecule has 0 aromatic carbocycles. The predicted molar refractivity (Wildman–Crippen MR) is 75.2 cm³/mol. The van der Waals surface area contributed by atoms with Gasteiger partial charge >= 0.3 is 0 Å². The number of carboxylic acids is 1. The van der Waals surface area contributed by atoms with Crippen molar-refractivity contribution in [1.29, 1.82) is 0 Å². The minimum atomic E-state index is -1.23. The molecular formula is C14H26N2O3. The van der Waals surface area contributed by atoms with Crippen molar-refractivity contribution in [2.24, 2.45) is 0 Å². The number of carboxylic acid groups (broad SMARTS) is 1. The molecule has 0 rings (SSSR count). The maximum atomic E-state index is 11.1. The zero-order valence-electron chi connectivity index (χ0n) is 12.5. The summed E-state index contributed by atoms with van der Waals surface area (Å²) in [5, 5.41) is 12.0. The minimum Gasteiger partial charge on any atom is -0.545 e. The maximum Gasteiger partial charge on any atom is 0.246 e. The van der Waals surface area contributed by atoms with Crippen molar-refractivity contribution < 1.29 is 19.2 Å². The molecule has 19 heavy (non-hydrogen) atoms. The van der Waals surface area contributed by atoms with E-state index >= 15 is 0 Å². The Kier molecular flexibility index (Phi) is 10.7. The topological polar surface area (TPSA) is 69.2 Å². The largest absolute Gasteiger partial charge is 0.545 e. The Morgan fingerprint density at radius 1 is 1.37 bits per heavy atom. The van der Waals surface area contributed by atoms with E-state index in [1.165, 1.54) is 0 Å². The van der Waals surface area contributed by atoms with E-state index in [0.29, 0.717) is 5.57 Å². The molecule has 0 saturated carbocycles. The molecule has 0 spiro atoms. The average Bonchev–Trinajstić information content (AvgIpc) is 2.34. The van der Waals surface area contributed by atoms with Crippen molar-refractivity contribution in [2.75, 3.05) is 33.7 Å². The van der Waals surface area contributed by atoms with Gasteiger partial charge < -0.3 is 19.7 Å². The Morgan fingerprint density at radius 3 is 2.16 bits per heavy atom. The fourth-order valence-electron chi connectivity index (χ4n) is 1.02. The van der Waals surface area contributed by atoms with Crippen molar-refractivity contribution in [2.45, 2.75) is 20.3 Å². The summed E-state index contributed by atoms with van der Waals surface area (Å²) in [7, 11) is 4.39. The van der Waals surface area contributed by atoms with Gasteiger partial charge in [-0.05, 0) is 19.9 Å². The number of quaternary nitrogens is 1. The van der Waals surface area contributed by atoms with Crippen LogP contribution in [0.15, 0.2) is 24.8 Å². The van der Waals surface area contributed by atoms with Gasteiger partial charge in [-0.25, -0.2) is 0 Å². The third-order valence-electron chi connectivity index (χ3n) is 2.64. The lowest BCUT2D eigenvalue weighted by atomic mass is 10.3. The van der Waals surface area contributed by atoms with Crippen LogP contribution in [0.3, 0.4) is 0 Å². The van der Waals surface area contributed by atoms with Crippen molar-refractivity contribution >= 4 is 11.9 Å². The molecule has 0 unspecified atom stereocenters. The molecule has 0 bridgehead atoms. The van der Waals surface area contributed by atoms with Gasteiger partial charge in [0.15, 0.2) is 0 Å². The van der Waals surface area contributed by atoms with E-state index in [2.05, 4.69) is 39.5 Å². The lowest BCUT2D eigenvalue weighted by Crippen LogP contribution is -2.41. The molecule has 0 atom stereocenters. The summed E-state index contributed by atoms with van der Waals surface area (Å²) >= 11 is 0. The fourth-order valence-corrected chi connectivity index (χ4v) is 1.02. The zero-order chi connectivity index (χ0) is 15.5. The molecule has 0 saturated heterocycles. The molecule has 0 aliphatic carbocycles. The Morgan fingerprint density at radius 2 is 1.84 bits per heavy atom. The minimum absolute atomic E-state index is 0.0354. The van der Waals surface area contributed by atoms with Crippen LogP contribution >= 0.6 is 0 Å². The summed E-state index contributed by atoms with van der Waals surface area (Å²) in [5.74, 6) is -1.27. The van der Waals surface area contributed by atoms with Gasteiger partial charge in [0.1, 0.15) is 0 Å². The molecule has 0 aliphatic heterocycles. The quantitative estimate of drug-likeness (QED) is 0.405. The van der Waals surface area contributed by atoms with Crippen molar-refractivity contribution in [3.8, 4) is 0 Å². The maximum absolute atomic E-state index is 11.1. The van der Waals surface area contributed by atoms with Gasteiger partial charge in [0.2, 0.25) is 5.91 Å². The standard InChI is InChI=1S/C11H22N2O.C3H4O2/c1-6-13(4,5)9-7-8-12-11(14)10(2)3;1-2-3(4)5/h2,6-9H2,1,3-5H3;2H,1H2,(H,4,5). The van der Waals surface area contributed by atoms with Crippen LogP contribution in [0.2, 0.25) is 0 Å². The van der Waals surface area contributed by atoms with Gasteiger partial charge in [-0.15, -0.1) is 0 Å². The Labute approximate surface area is 116 Å². The van der Waals surface area contributed by atoms with Gasteiger partial charge in [0, 0.05) is 18.5 Å². The van der Waals surface area contributed by atoms with Crippen molar-refractivity contribution in [3.63, 3.8) is 0 Å². The zero-order valence-corrected chi connectivity index (χ0v) is 12.5.